The van der Waals surface area contributed by atoms with Gasteiger partial charge in [-0.05, 0) is 11.5 Å². The number of carbonyl (C=O) groups is 1. The van der Waals surface area contributed by atoms with Crippen LogP contribution in [-0.2, 0) is 11.3 Å². The molecule has 2 atom stereocenters. The number of rotatable bonds is 3. The molecule has 1 amide bonds. The SMILES string of the molecule is O=C(OCc1ccccc1)N1CC(O)C(C2CCCC2)C1. The van der Waals surface area contributed by atoms with Gasteiger partial charge in [-0.2, -0.15) is 0 Å². The van der Waals surface area contributed by atoms with Crippen molar-refractivity contribution in [2.45, 2.75) is 38.4 Å². The lowest BCUT2D eigenvalue weighted by Crippen LogP contribution is -2.30. The fourth-order valence-corrected chi connectivity index (χ4v) is 3.62. The molecule has 1 heterocycles. The zero-order valence-electron chi connectivity index (χ0n) is 12.3. The molecule has 1 aromatic carbocycles. The van der Waals surface area contributed by atoms with Crippen LogP contribution in [0.1, 0.15) is 31.2 Å². The fraction of sp³-hybridized carbons (Fsp3) is 0.588. The van der Waals surface area contributed by atoms with E-state index < -0.39 is 6.10 Å². The second-order valence-electron chi connectivity index (χ2n) is 6.22. The first-order valence-corrected chi connectivity index (χ1v) is 7.88. The lowest BCUT2D eigenvalue weighted by atomic mass is 9.88. The van der Waals surface area contributed by atoms with Gasteiger partial charge in [0, 0.05) is 12.5 Å². The van der Waals surface area contributed by atoms with Gasteiger partial charge in [-0.3, -0.25) is 0 Å². The zero-order chi connectivity index (χ0) is 14.7. The Bertz CT molecular complexity index is 470. The number of nitrogens with zero attached hydrogens (tertiary/aromatic N) is 1. The van der Waals surface area contributed by atoms with Crippen molar-refractivity contribution in [1.82, 2.24) is 4.90 Å². The van der Waals surface area contributed by atoms with E-state index in [1.165, 1.54) is 25.7 Å². The minimum atomic E-state index is -0.391. The van der Waals surface area contributed by atoms with Gasteiger partial charge >= 0.3 is 6.09 Å². The van der Waals surface area contributed by atoms with Crippen LogP contribution in [-0.4, -0.2) is 35.3 Å². The second kappa shape index (κ2) is 6.48. The molecule has 1 N–H and O–H groups in total. The molecule has 1 aliphatic heterocycles. The number of β-amino-alcohol motifs (C(OH)–C–C–N with tert-alkyl or cyclic N) is 1. The number of carbonyl (C=O) groups excluding carboxylic acids is 1. The highest BCUT2D eigenvalue weighted by Crippen LogP contribution is 2.36. The number of aliphatic hydroxyl groups excluding tert-OH is 1. The minimum Gasteiger partial charge on any atom is -0.445 e. The molecular weight excluding hydrogens is 266 g/mol. The van der Waals surface area contributed by atoms with Crippen molar-refractivity contribution in [1.29, 1.82) is 0 Å². The van der Waals surface area contributed by atoms with Crippen LogP contribution in [0.25, 0.3) is 0 Å². The van der Waals surface area contributed by atoms with E-state index in [4.69, 9.17) is 4.74 Å². The van der Waals surface area contributed by atoms with Crippen LogP contribution in [0, 0.1) is 11.8 Å². The van der Waals surface area contributed by atoms with E-state index in [2.05, 4.69) is 0 Å². The third-order valence-electron chi connectivity index (χ3n) is 4.80. The zero-order valence-corrected chi connectivity index (χ0v) is 12.3. The number of likely N-dealkylation sites (tertiary alicyclic amines) is 1. The van der Waals surface area contributed by atoms with E-state index in [0.29, 0.717) is 25.6 Å². The van der Waals surface area contributed by atoms with Gasteiger partial charge in [-0.1, -0.05) is 56.0 Å². The van der Waals surface area contributed by atoms with Gasteiger partial charge in [-0.15, -0.1) is 0 Å². The van der Waals surface area contributed by atoms with Crippen LogP contribution in [0.2, 0.25) is 0 Å². The van der Waals surface area contributed by atoms with E-state index in [-0.39, 0.29) is 12.0 Å². The Balaban J connectivity index is 1.51. The number of amides is 1. The first kappa shape index (κ1) is 14.4. The predicted molar refractivity (Wildman–Crippen MR) is 79.7 cm³/mol. The van der Waals surface area contributed by atoms with Crippen molar-refractivity contribution in [3.8, 4) is 0 Å². The molecule has 0 bridgehead atoms. The summed E-state index contributed by atoms with van der Waals surface area (Å²) in [6.45, 7) is 1.34. The second-order valence-corrected chi connectivity index (χ2v) is 6.22. The van der Waals surface area contributed by atoms with Crippen LogP contribution >= 0.6 is 0 Å². The Morgan fingerprint density at radius 1 is 1.19 bits per heavy atom. The molecule has 2 unspecified atom stereocenters. The highest BCUT2D eigenvalue weighted by atomic mass is 16.6. The Hall–Kier alpha value is -1.55. The smallest absolute Gasteiger partial charge is 0.410 e. The molecule has 4 heteroatoms. The van der Waals surface area contributed by atoms with E-state index in [1.807, 2.05) is 30.3 Å². The highest BCUT2D eigenvalue weighted by Gasteiger charge is 2.40. The van der Waals surface area contributed by atoms with E-state index >= 15 is 0 Å². The summed E-state index contributed by atoms with van der Waals surface area (Å²) < 4.78 is 5.35. The normalized spacial score (nSPS) is 26.2. The highest BCUT2D eigenvalue weighted by molar-refractivity contribution is 5.68. The first-order valence-electron chi connectivity index (χ1n) is 7.88. The summed E-state index contributed by atoms with van der Waals surface area (Å²) in [6.07, 6.45) is 4.19. The fourth-order valence-electron chi connectivity index (χ4n) is 3.62. The van der Waals surface area contributed by atoms with Crippen LogP contribution < -0.4 is 0 Å². The van der Waals surface area contributed by atoms with Crippen molar-refractivity contribution in [2.75, 3.05) is 13.1 Å². The summed E-state index contributed by atoms with van der Waals surface area (Å²) in [6, 6.07) is 9.67. The number of benzene rings is 1. The lowest BCUT2D eigenvalue weighted by molar-refractivity contribution is 0.0954. The lowest BCUT2D eigenvalue weighted by Gasteiger charge is -2.20. The summed E-state index contributed by atoms with van der Waals surface area (Å²) >= 11 is 0. The van der Waals surface area contributed by atoms with Gasteiger partial charge in [-0.25, -0.2) is 4.79 Å². The predicted octanol–water partition coefficient (Wildman–Crippen LogP) is 2.81. The van der Waals surface area contributed by atoms with E-state index in [0.717, 1.165) is 5.56 Å². The number of hydrogen-bond acceptors (Lipinski definition) is 3. The Morgan fingerprint density at radius 3 is 2.62 bits per heavy atom. The van der Waals surface area contributed by atoms with Gasteiger partial charge < -0.3 is 14.7 Å². The molecule has 1 saturated carbocycles. The van der Waals surface area contributed by atoms with Crippen LogP contribution in [0.4, 0.5) is 4.79 Å². The maximum Gasteiger partial charge on any atom is 0.410 e. The molecule has 0 radical (unpaired) electrons. The molecule has 0 aromatic heterocycles. The largest absolute Gasteiger partial charge is 0.445 e. The number of hydrogen-bond donors (Lipinski definition) is 1. The molecule has 4 nitrogen and oxygen atoms in total. The summed E-state index contributed by atoms with van der Waals surface area (Å²) in [5.74, 6) is 0.809. The van der Waals surface area contributed by atoms with Crippen molar-refractivity contribution < 1.29 is 14.6 Å². The molecule has 114 valence electrons. The molecular formula is C17H23NO3. The molecule has 1 aromatic rings. The van der Waals surface area contributed by atoms with Crippen LogP contribution in [0.3, 0.4) is 0 Å². The van der Waals surface area contributed by atoms with Crippen LogP contribution in [0.5, 0.6) is 0 Å². The van der Waals surface area contributed by atoms with Gasteiger partial charge in [0.25, 0.3) is 0 Å². The van der Waals surface area contributed by atoms with Gasteiger partial charge in [0.05, 0.1) is 12.6 Å². The molecule has 21 heavy (non-hydrogen) atoms. The average molecular weight is 289 g/mol. The first-order chi connectivity index (χ1) is 10.2. The van der Waals surface area contributed by atoms with Crippen molar-refractivity contribution in [3.63, 3.8) is 0 Å². The van der Waals surface area contributed by atoms with E-state index in [9.17, 15) is 9.90 Å². The summed E-state index contributed by atoms with van der Waals surface area (Å²) in [5, 5.41) is 10.2. The third kappa shape index (κ3) is 3.38. The Labute approximate surface area is 125 Å². The molecule has 0 spiro atoms. The molecule has 3 rings (SSSR count). The van der Waals surface area contributed by atoms with Gasteiger partial charge in [0.2, 0.25) is 0 Å². The average Bonchev–Trinajstić information content (AvgIpc) is 3.15. The summed E-state index contributed by atoms with van der Waals surface area (Å²) in [4.78, 5) is 13.8. The Kier molecular flexibility index (Phi) is 4.44. The number of aliphatic hydroxyl groups is 1. The maximum atomic E-state index is 12.1. The maximum absolute atomic E-state index is 12.1. The molecule has 2 fully saturated rings. The molecule has 1 saturated heterocycles. The topological polar surface area (TPSA) is 49.8 Å². The minimum absolute atomic E-state index is 0.233. The summed E-state index contributed by atoms with van der Waals surface area (Å²) in [5.41, 5.74) is 0.984. The van der Waals surface area contributed by atoms with E-state index in [1.54, 1.807) is 4.90 Å². The Morgan fingerprint density at radius 2 is 1.90 bits per heavy atom. The van der Waals surface area contributed by atoms with Gasteiger partial charge in [0.1, 0.15) is 6.61 Å². The van der Waals surface area contributed by atoms with Crippen molar-refractivity contribution in [2.24, 2.45) is 11.8 Å². The molecule has 2 aliphatic rings. The van der Waals surface area contributed by atoms with Crippen molar-refractivity contribution >= 4 is 6.09 Å². The quantitative estimate of drug-likeness (QED) is 0.931. The van der Waals surface area contributed by atoms with Gasteiger partial charge in [0.15, 0.2) is 0 Å². The standard InChI is InChI=1S/C17H23NO3/c19-16-11-18(10-15(16)14-8-4-5-9-14)17(20)21-12-13-6-2-1-3-7-13/h1-3,6-7,14-16,19H,4-5,8-12H2. The monoisotopic (exact) mass is 289 g/mol. The summed E-state index contributed by atoms with van der Waals surface area (Å²) in [7, 11) is 0. The third-order valence-corrected chi connectivity index (χ3v) is 4.80. The molecule has 1 aliphatic carbocycles. The van der Waals surface area contributed by atoms with Crippen molar-refractivity contribution in [3.05, 3.63) is 35.9 Å². The number of ether oxygens (including phenoxy) is 1. The van der Waals surface area contributed by atoms with Crippen LogP contribution in [0.15, 0.2) is 30.3 Å².